The molecule has 0 saturated carbocycles. The maximum absolute atomic E-state index is 13.9. The fraction of sp³-hybridized carbons (Fsp3) is 0.294. The number of anilines is 1. The second kappa shape index (κ2) is 7.57. The first-order valence-corrected chi connectivity index (χ1v) is 7.78. The predicted molar refractivity (Wildman–Crippen MR) is 87.9 cm³/mol. The summed E-state index contributed by atoms with van der Waals surface area (Å²) in [5, 5.41) is 3.36. The van der Waals surface area contributed by atoms with Gasteiger partial charge in [0.15, 0.2) is 0 Å². The summed E-state index contributed by atoms with van der Waals surface area (Å²) in [5.74, 6) is -0.208. The largest absolute Gasteiger partial charge is 0.378 e. The van der Waals surface area contributed by atoms with Gasteiger partial charge < -0.3 is 10.1 Å². The van der Waals surface area contributed by atoms with E-state index in [-0.39, 0.29) is 11.9 Å². The van der Waals surface area contributed by atoms with E-state index in [9.17, 15) is 4.39 Å². The van der Waals surface area contributed by atoms with Gasteiger partial charge in [-0.3, -0.25) is 0 Å². The third-order valence-electron chi connectivity index (χ3n) is 3.28. The number of hydrogen-bond acceptors (Lipinski definition) is 2. The van der Waals surface area contributed by atoms with Crippen molar-refractivity contribution in [1.29, 1.82) is 0 Å². The summed E-state index contributed by atoms with van der Waals surface area (Å²) in [7, 11) is 0. The van der Waals surface area contributed by atoms with Gasteiger partial charge in [0.25, 0.3) is 0 Å². The first kappa shape index (κ1) is 16.0. The van der Waals surface area contributed by atoms with Gasteiger partial charge in [0.2, 0.25) is 0 Å². The molecule has 0 radical (unpaired) electrons. The van der Waals surface area contributed by atoms with E-state index in [4.69, 9.17) is 4.74 Å². The summed E-state index contributed by atoms with van der Waals surface area (Å²) >= 11 is 3.38. The highest BCUT2D eigenvalue weighted by Gasteiger charge is 2.13. The van der Waals surface area contributed by atoms with E-state index < -0.39 is 0 Å². The van der Waals surface area contributed by atoms with Crippen LogP contribution in [0.3, 0.4) is 0 Å². The molecule has 0 spiro atoms. The molecular weight excluding hydrogens is 333 g/mol. The Bertz CT molecular complexity index is 603. The Hall–Kier alpha value is -1.39. The summed E-state index contributed by atoms with van der Waals surface area (Å²) < 4.78 is 20.3. The van der Waals surface area contributed by atoms with Gasteiger partial charge in [-0.05, 0) is 38.1 Å². The molecule has 1 unspecified atom stereocenters. The highest BCUT2D eigenvalue weighted by molar-refractivity contribution is 9.10. The van der Waals surface area contributed by atoms with Crippen molar-refractivity contribution in [2.24, 2.45) is 0 Å². The molecule has 0 heterocycles. The van der Waals surface area contributed by atoms with Crippen LogP contribution in [0.1, 0.15) is 31.0 Å². The summed E-state index contributed by atoms with van der Waals surface area (Å²) in [6.07, 6.45) is 0. The lowest BCUT2D eigenvalue weighted by Crippen LogP contribution is -2.10. The molecule has 0 aliphatic heterocycles. The van der Waals surface area contributed by atoms with Gasteiger partial charge in [0.1, 0.15) is 5.82 Å². The van der Waals surface area contributed by atoms with E-state index in [2.05, 4.69) is 21.2 Å². The fourth-order valence-corrected chi connectivity index (χ4v) is 2.54. The summed E-state index contributed by atoms with van der Waals surface area (Å²) in [4.78, 5) is 0. The van der Waals surface area contributed by atoms with Crippen LogP contribution in [-0.2, 0) is 11.3 Å². The number of hydrogen-bond donors (Lipinski definition) is 1. The third kappa shape index (κ3) is 4.29. The van der Waals surface area contributed by atoms with Crippen LogP contribution in [0.2, 0.25) is 0 Å². The van der Waals surface area contributed by atoms with Crippen molar-refractivity contribution in [3.05, 3.63) is 63.9 Å². The number of rotatable bonds is 6. The molecule has 0 fully saturated rings. The zero-order valence-electron chi connectivity index (χ0n) is 12.2. The standard InChI is InChI=1S/C17H19BrFNO/c1-3-21-11-13-6-4-5-7-17(13)20-12(2)15-10-14(18)8-9-16(15)19/h4-10,12,20H,3,11H2,1-2H3. The van der Waals surface area contributed by atoms with Gasteiger partial charge in [-0.2, -0.15) is 0 Å². The number of para-hydroxylation sites is 1. The van der Waals surface area contributed by atoms with Crippen LogP contribution in [0.4, 0.5) is 10.1 Å². The number of ether oxygens (including phenoxy) is 1. The monoisotopic (exact) mass is 351 g/mol. The molecule has 2 aromatic rings. The molecular formula is C17H19BrFNO. The van der Waals surface area contributed by atoms with Gasteiger partial charge in [-0.1, -0.05) is 34.1 Å². The molecule has 2 aromatic carbocycles. The molecule has 112 valence electrons. The highest BCUT2D eigenvalue weighted by atomic mass is 79.9. The third-order valence-corrected chi connectivity index (χ3v) is 3.77. The molecule has 0 saturated heterocycles. The van der Waals surface area contributed by atoms with Crippen molar-refractivity contribution < 1.29 is 9.13 Å². The normalized spacial score (nSPS) is 12.2. The van der Waals surface area contributed by atoms with Crippen LogP contribution in [0.5, 0.6) is 0 Å². The molecule has 4 heteroatoms. The van der Waals surface area contributed by atoms with Crippen LogP contribution in [0, 0.1) is 5.82 Å². The summed E-state index contributed by atoms with van der Waals surface area (Å²) in [5.41, 5.74) is 2.68. The second-order valence-electron chi connectivity index (χ2n) is 4.83. The molecule has 1 atom stereocenters. The van der Waals surface area contributed by atoms with Crippen molar-refractivity contribution in [1.82, 2.24) is 0 Å². The van der Waals surface area contributed by atoms with E-state index in [0.29, 0.717) is 18.8 Å². The summed E-state index contributed by atoms with van der Waals surface area (Å²) in [6.45, 7) is 5.13. The molecule has 21 heavy (non-hydrogen) atoms. The first-order valence-electron chi connectivity index (χ1n) is 6.99. The Morgan fingerprint density at radius 1 is 1.24 bits per heavy atom. The zero-order valence-corrected chi connectivity index (χ0v) is 13.8. The molecule has 0 aromatic heterocycles. The van der Waals surface area contributed by atoms with E-state index in [1.165, 1.54) is 6.07 Å². The van der Waals surface area contributed by atoms with E-state index in [1.54, 1.807) is 12.1 Å². The minimum Gasteiger partial charge on any atom is -0.378 e. The lowest BCUT2D eigenvalue weighted by atomic mass is 10.1. The van der Waals surface area contributed by atoms with E-state index in [0.717, 1.165) is 15.7 Å². The van der Waals surface area contributed by atoms with Crippen LogP contribution >= 0.6 is 15.9 Å². The van der Waals surface area contributed by atoms with Crippen LogP contribution in [-0.4, -0.2) is 6.61 Å². The Kier molecular flexibility index (Phi) is 5.76. The van der Waals surface area contributed by atoms with Gasteiger partial charge in [0, 0.05) is 27.9 Å². The second-order valence-corrected chi connectivity index (χ2v) is 5.74. The predicted octanol–water partition coefficient (Wildman–Crippen LogP) is 5.30. The maximum Gasteiger partial charge on any atom is 0.128 e. The zero-order chi connectivity index (χ0) is 15.2. The van der Waals surface area contributed by atoms with Crippen molar-refractivity contribution in [2.75, 3.05) is 11.9 Å². The molecule has 0 bridgehead atoms. The van der Waals surface area contributed by atoms with E-state index >= 15 is 0 Å². The molecule has 1 N–H and O–H groups in total. The molecule has 2 nitrogen and oxygen atoms in total. The van der Waals surface area contributed by atoms with Crippen molar-refractivity contribution in [2.45, 2.75) is 26.5 Å². The smallest absolute Gasteiger partial charge is 0.128 e. The Balaban J connectivity index is 2.19. The summed E-state index contributed by atoms with van der Waals surface area (Å²) in [6, 6.07) is 12.8. The lowest BCUT2D eigenvalue weighted by Gasteiger charge is -2.19. The van der Waals surface area contributed by atoms with Crippen molar-refractivity contribution >= 4 is 21.6 Å². The quantitative estimate of drug-likeness (QED) is 0.762. The lowest BCUT2D eigenvalue weighted by molar-refractivity contribution is 0.134. The van der Waals surface area contributed by atoms with Crippen LogP contribution in [0.25, 0.3) is 0 Å². The Morgan fingerprint density at radius 3 is 2.76 bits per heavy atom. The molecule has 0 amide bonds. The molecule has 2 rings (SSSR count). The Labute approximate surface area is 133 Å². The minimum atomic E-state index is -0.208. The first-order chi connectivity index (χ1) is 10.1. The number of halogens is 2. The fourth-order valence-electron chi connectivity index (χ4n) is 2.16. The van der Waals surface area contributed by atoms with Gasteiger partial charge >= 0.3 is 0 Å². The molecule has 0 aliphatic carbocycles. The number of benzene rings is 2. The van der Waals surface area contributed by atoms with E-state index in [1.807, 2.05) is 38.1 Å². The van der Waals surface area contributed by atoms with Gasteiger partial charge in [-0.15, -0.1) is 0 Å². The minimum absolute atomic E-state index is 0.134. The Morgan fingerprint density at radius 2 is 2.00 bits per heavy atom. The average molecular weight is 352 g/mol. The topological polar surface area (TPSA) is 21.3 Å². The van der Waals surface area contributed by atoms with Crippen molar-refractivity contribution in [3.63, 3.8) is 0 Å². The van der Waals surface area contributed by atoms with Gasteiger partial charge in [0.05, 0.1) is 12.6 Å². The SMILES string of the molecule is CCOCc1ccccc1NC(C)c1cc(Br)ccc1F. The van der Waals surface area contributed by atoms with Crippen LogP contribution < -0.4 is 5.32 Å². The maximum atomic E-state index is 13.9. The van der Waals surface area contributed by atoms with Crippen molar-refractivity contribution in [3.8, 4) is 0 Å². The average Bonchev–Trinajstić information content (AvgIpc) is 2.48. The van der Waals surface area contributed by atoms with Crippen LogP contribution in [0.15, 0.2) is 46.9 Å². The number of nitrogens with one attached hydrogen (secondary N) is 1. The highest BCUT2D eigenvalue weighted by Crippen LogP contribution is 2.26. The van der Waals surface area contributed by atoms with Gasteiger partial charge in [-0.25, -0.2) is 4.39 Å². The molecule has 0 aliphatic rings.